The number of hydrogen-bond acceptors (Lipinski definition) is 3. The Bertz CT molecular complexity index is 591. The number of carboxylic acid groups (broad SMARTS) is 1. The third-order valence-electron chi connectivity index (χ3n) is 4.88. The maximum atomic E-state index is 12.3. The Kier molecular flexibility index (Phi) is 3.35. The Morgan fingerprint density at radius 1 is 1.29 bits per heavy atom. The average Bonchev–Trinajstić information content (AvgIpc) is 2.56. The lowest BCUT2D eigenvalue weighted by Crippen LogP contribution is -2.49. The van der Waals surface area contributed by atoms with Crippen molar-refractivity contribution in [2.24, 2.45) is 0 Å². The molecule has 1 spiro atoms. The molecular formula is C16H20N2O3. The number of amides is 1. The van der Waals surface area contributed by atoms with Gasteiger partial charge in [0.1, 0.15) is 0 Å². The lowest BCUT2D eigenvalue weighted by Gasteiger charge is -2.44. The molecular weight excluding hydrogens is 268 g/mol. The number of anilines is 2. The van der Waals surface area contributed by atoms with Gasteiger partial charge in [0.2, 0.25) is 5.91 Å². The molecule has 2 N–H and O–H groups in total. The highest BCUT2D eigenvalue weighted by molar-refractivity contribution is 6.06. The number of aromatic carboxylic acids is 1. The predicted octanol–water partition coefficient (Wildman–Crippen LogP) is 2.87. The van der Waals surface area contributed by atoms with Crippen LogP contribution < -0.4 is 10.2 Å². The summed E-state index contributed by atoms with van der Waals surface area (Å²) in [5, 5.41) is 12.2. The lowest BCUT2D eigenvalue weighted by atomic mass is 9.78. The molecule has 1 saturated carbocycles. The van der Waals surface area contributed by atoms with E-state index in [1.54, 1.807) is 6.07 Å². The van der Waals surface area contributed by atoms with Crippen LogP contribution in [0.15, 0.2) is 18.2 Å². The molecule has 1 aliphatic heterocycles. The van der Waals surface area contributed by atoms with Crippen LogP contribution >= 0.6 is 0 Å². The van der Waals surface area contributed by atoms with Crippen molar-refractivity contribution in [3.8, 4) is 0 Å². The summed E-state index contributed by atoms with van der Waals surface area (Å²) in [7, 11) is 1.98. The Labute approximate surface area is 123 Å². The monoisotopic (exact) mass is 288 g/mol. The van der Waals surface area contributed by atoms with E-state index >= 15 is 0 Å². The van der Waals surface area contributed by atoms with Gasteiger partial charge in [0.05, 0.1) is 23.4 Å². The number of carbonyl (C=O) groups excluding carboxylic acids is 1. The Balaban J connectivity index is 2.12. The lowest BCUT2D eigenvalue weighted by molar-refractivity contribution is -0.117. The van der Waals surface area contributed by atoms with E-state index in [0.717, 1.165) is 31.4 Å². The molecule has 0 unspecified atom stereocenters. The second-order valence-electron chi connectivity index (χ2n) is 6.07. The number of carbonyl (C=O) groups is 2. The van der Waals surface area contributed by atoms with Crippen LogP contribution in [-0.2, 0) is 4.79 Å². The van der Waals surface area contributed by atoms with Gasteiger partial charge in [-0.2, -0.15) is 0 Å². The molecule has 0 bridgehead atoms. The molecule has 1 fully saturated rings. The van der Waals surface area contributed by atoms with Crippen LogP contribution in [0, 0.1) is 0 Å². The molecule has 0 aromatic heterocycles. The first-order chi connectivity index (χ1) is 10.0. The zero-order valence-corrected chi connectivity index (χ0v) is 12.2. The maximum absolute atomic E-state index is 12.3. The van der Waals surface area contributed by atoms with Crippen LogP contribution in [-0.4, -0.2) is 29.6 Å². The molecule has 0 radical (unpaired) electrons. The maximum Gasteiger partial charge on any atom is 0.337 e. The summed E-state index contributed by atoms with van der Waals surface area (Å²) < 4.78 is 0. The highest BCUT2D eigenvalue weighted by atomic mass is 16.4. The molecule has 5 heteroatoms. The summed E-state index contributed by atoms with van der Waals surface area (Å²) in [6.45, 7) is 0. The summed E-state index contributed by atoms with van der Waals surface area (Å²) in [4.78, 5) is 25.8. The van der Waals surface area contributed by atoms with Gasteiger partial charge in [-0.3, -0.25) is 4.79 Å². The van der Waals surface area contributed by atoms with E-state index in [9.17, 15) is 14.7 Å². The number of carboxylic acids is 1. The van der Waals surface area contributed by atoms with Crippen LogP contribution in [0.4, 0.5) is 11.4 Å². The molecule has 1 amide bonds. The van der Waals surface area contributed by atoms with E-state index in [1.807, 2.05) is 13.1 Å². The first-order valence-electron chi connectivity index (χ1n) is 7.43. The van der Waals surface area contributed by atoms with Crippen molar-refractivity contribution < 1.29 is 14.7 Å². The molecule has 1 aliphatic carbocycles. The molecule has 2 aliphatic rings. The van der Waals surface area contributed by atoms with Crippen LogP contribution in [0.2, 0.25) is 0 Å². The smallest absolute Gasteiger partial charge is 0.337 e. The summed E-state index contributed by atoms with van der Waals surface area (Å²) in [6.07, 6.45) is 5.83. The summed E-state index contributed by atoms with van der Waals surface area (Å²) in [6, 6.07) is 5.17. The fourth-order valence-electron chi connectivity index (χ4n) is 3.71. The minimum atomic E-state index is -1.01. The third-order valence-corrected chi connectivity index (χ3v) is 4.88. The molecule has 112 valence electrons. The number of hydrogen-bond donors (Lipinski definition) is 2. The first kappa shape index (κ1) is 13.9. The molecule has 0 saturated heterocycles. The second-order valence-corrected chi connectivity index (χ2v) is 6.07. The molecule has 3 rings (SSSR count). The number of benzene rings is 1. The fraction of sp³-hybridized carbons (Fsp3) is 0.500. The highest BCUT2D eigenvalue weighted by Gasteiger charge is 2.41. The fourth-order valence-corrected chi connectivity index (χ4v) is 3.71. The summed E-state index contributed by atoms with van der Waals surface area (Å²) in [5.41, 5.74) is 1.22. The van der Waals surface area contributed by atoms with E-state index in [-0.39, 0.29) is 17.0 Å². The van der Waals surface area contributed by atoms with E-state index in [1.165, 1.54) is 12.5 Å². The molecule has 5 nitrogen and oxygen atoms in total. The van der Waals surface area contributed by atoms with Gasteiger partial charge in [-0.05, 0) is 25.0 Å². The molecule has 1 aromatic carbocycles. The number of nitrogens with one attached hydrogen (secondary N) is 1. The van der Waals surface area contributed by atoms with E-state index < -0.39 is 5.97 Å². The number of para-hydroxylation sites is 1. The third kappa shape index (κ3) is 2.26. The average molecular weight is 288 g/mol. The van der Waals surface area contributed by atoms with Crippen LogP contribution in [0.3, 0.4) is 0 Å². The van der Waals surface area contributed by atoms with Crippen molar-refractivity contribution in [3.63, 3.8) is 0 Å². The number of nitrogens with zero attached hydrogens (tertiary/aromatic N) is 1. The quantitative estimate of drug-likeness (QED) is 0.833. The van der Waals surface area contributed by atoms with Crippen molar-refractivity contribution in [3.05, 3.63) is 23.8 Å². The summed E-state index contributed by atoms with van der Waals surface area (Å²) >= 11 is 0. The van der Waals surface area contributed by atoms with Crippen LogP contribution in [0.25, 0.3) is 0 Å². The van der Waals surface area contributed by atoms with E-state index in [4.69, 9.17) is 0 Å². The second kappa shape index (κ2) is 5.06. The van der Waals surface area contributed by atoms with Crippen molar-refractivity contribution in [2.45, 2.75) is 44.1 Å². The zero-order chi connectivity index (χ0) is 15.0. The van der Waals surface area contributed by atoms with Crippen molar-refractivity contribution in [1.82, 2.24) is 0 Å². The number of fused-ring (bicyclic) bond motifs is 1. The molecule has 1 aromatic rings. The van der Waals surface area contributed by atoms with Crippen molar-refractivity contribution in [1.29, 1.82) is 0 Å². The van der Waals surface area contributed by atoms with Crippen LogP contribution in [0.1, 0.15) is 48.9 Å². The minimum Gasteiger partial charge on any atom is -0.478 e. The van der Waals surface area contributed by atoms with Gasteiger partial charge >= 0.3 is 5.97 Å². The highest BCUT2D eigenvalue weighted by Crippen LogP contribution is 2.44. The van der Waals surface area contributed by atoms with Gasteiger partial charge in [-0.25, -0.2) is 4.79 Å². The zero-order valence-electron chi connectivity index (χ0n) is 12.2. The molecule has 1 heterocycles. The Hall–Kier alpha value is -2.04. The normalized spacial score (nSPS) is 20.6. The predicted molar refractivity (Wildman–Crippen MR) is 80.9 cm³/mol. The van der Waals surface area contributed by atoms with Gasteiger partial charge < -0.3 is 15.3 Å². The van der Waals surface area contributed by atoms with Crippen molar-refractivity contribution >= 4 is 23.3 Å². The van der Waals surface area contributed by atoms with E-state index in [2.05, 4.69) is 10.2 Å². The van der Waals surface area contributed by atoms with Gasteiger partial charge in [-0.1, -0.05) is 25.3 Å². The molecule has 0 atom stereocenters. The largest absolute Gasteiger partial charge is 0.478 e. The van der Waals surface area contributed by atoms with Gasteiger partial charge in [0, 0.05) is 12.6 Å². The van der Waals surface area contributed by atoms with E-state index in [0.29, 0.717) is 12.1 Å². The first-order valence-corrected chi connectivity index (χ1v) is 7.43. The SMILES string of the molecule is CN1c2cccc(C(=O)O)c2NC(=O)CC12CCCCC2. The topological polar surface area (TPSA) is 69.6 Å². The van der Waals surface area contributed by atoms with Gasteiger partial charge in [0.25, 0.3) is 0 Å². The number of rotatable bonds is 1. The van der Waals surface area contributed by atoms with Gasteiger partial charge in [-0.15, -0.1) is 0 Å². The van der Waals surface area contributed by atoms with Crippen LogP contribution in [0.5, 0.6) is 0 Å². The Morgan fingerprint density at radius 2 is 2.00 bits per heavy atom. The minimum absolute atomic E-state index is 0.0869. The molecule has 21 heavy (non-hydrogen) atoms. The van der Waals surface area contributed by atoms with Crippen molar-refractivity contribution in [2.75, 3.05) is 17.3 Å². The standard InChI is InChI=1S/C16H20N2O3/c1-18-12-7-5-6-11(15(20)21)14(12)17-13(19)10-16(18)8-3-2-4-9-16/h5-7H,2-4,8-10H2,1H3,(H,17,19)(H,20,21). The Morgan fingerprint density at radius 3 is 2.67 bits per heavy atom. The summed E-state index contributed by atoms with van der Waals surface area (Å²) in [5.74, 6) is -1.10. The van der Waals surface area contributed by atoms with Gasteiger partial charge in [0.15, 0.2) is 0 Å².